The average Bonchev–Trinajstić information content (AvgIpc) is 2.65. The van der Waals surface area contributed by atoms with Crippen LogP contribution in [0.15, 0.2) is 30.0 Å². The normalized spacial score (nSPS) is 10.0. The molecule has 70 valence electrons. The summed E-state index contributed by atoms with van der Waals surface area (Å²) in [6.45, 7) is 0. The third-order valence-electron chi connectivity index (χ3n) is 1.72. The lowest BCUT2D eigenvalue weighted by Crippen LogP contribution is -2.02. The van der Waals surface area contributed by atoms with Crippen LogP contribution < -0.4 is 5.73 Å². The number of carbonyl (C=O) groups is 1. The number of thiazole rings is 1. The van der Waals surface area contributed by atoms with Crippen LogP contribution in [-0.2, 0) is 0 Å². The van der Waals surface area contributed by atoms with E-state index in [2.05, 4.69) is 9.97 Å². The molecule has 2 heterocycles. The van der Waals surface area contributed by atoms with Crippen LogP contribution in [0, 0.1) is 0 Å². The Hall–Kier alpha value is -1.75. The standard InChI is InChI=1S/C9H7N3OS/c10-9-8(14-5-12-9)7(13)6-2-1-3-11-4-6/h1-5H,10H2. The molecule has 0 amide bonds. The zero-order valence-electron chi connectivity index (χ0n) is 7.18. The monoisotopic (exact) mass is 205 g/mol. The Bertz CT molecular complexity index is 452. The average molecular weight is 205 g/mol. The van der Waals surface area contributed by atoms with Crippen LogP contribution in [0.1, 0.15) is 15.2 Å². The Morgan fingerprint density at radius 1 is 1.50 bits per heavy atom. The van der Waals surface area contributed by atoms with Gasteiger partial charge in [0.1, 0.15) is 10.7 Å². The van der Waals surface area contributed by atoms with E-state index in [-0.39, 0.29) is 11.6 Å². The first kappa shape index (κ1) is 8.83. The van der Waals surface area contributed by atoms with E-state index in [4.69, 9.17) is 5.73 Å². The predicted molar refractivity (Wildman–Crippen MR) is 54.2 cm³/mol. The van der Waals surface area contributed by atoms with Gasteiger partial charge in [0, 0.05) is 18.0 Å². The highest BCUT2D eigenvalue weighted by molar-refractivity contribution is 7.12. The summed E-state index contributed by atoms with van der Waals surface area (Å²) in [5, 5.41) is 0. The molecule has 2 aromatic rings. The second kappa shape index (κ2) is 3.55. The van der Waals surface area contributed by atoms with Crippen molar-refractivity contribution in [1.82, 2.24) is 9.97 Å². The minimum absolute atomic E-state index is 0.127. The number of anilines is 1. The van der Waals surface area contributed by atoms with E-state index < -0.39 is 0 Å². The summed E-state index contributed by atoms with van der Waals surface area (Å²) in [4.78, 5) is 19.9. The Kier molecular flexibility index (Phi) is 2.24. The van der Waals surface area contributed by atoms with E-state index in [1.54, 1.807) is 23.8 Å². The maximum atomic E-state index is 11.8. The highest BCUT2D eigenvalue weighted by atomic mass is 32.1. The molecule has 2 N–H and O–H groups in total. The number of nitrogen functional groups attached to an aromatic ring is 1. The van der Waals surface area contributed by atoms with Crippen molar-refractivity contribution in [2.45, 2.75) is 0 Å². The van der Waals surface area contributed by atoms with Gasteiger partial charge in [0.25, 0.3) is 0 Å². The number of nitrogens with zero attached hydrogens (tertiary/aromatic N) is 2. The van der Waals surface area contributed by atoms with Crippen molar-refractivity contribution in [3.63, 3.8) is 0 Å². The Morgan fingerprint density at radius 3 is 2.93 bits per heavy atom. The highest BCUT2D eigenvalue weighted by Gasteiger charge is 2.14. The lowest BCUT2D eigenvalue weighted by molar-refractivity contribution is 0.104. The van der Waals surface area contributed by atoms with E-state index in [1.807, 2.05) is 0 Å². The highest BCUT2D eigenvalue weighted by Crippen LogP contribution is 2.18. The molecule has 0 fully saturated rings. The molecule has 2 rings (SSSR count). The van der Waals surface area contributed by atoms with E-state index in [0.29, 0.717) is 10.4 Å². The molecule has 0 unspecified atom stereocenters. The van der Waals surface area contributed by atoms with Gasteiger partial charge >= 0.3 is 0 Å². The molecule has 5 heteroatoms. The van der Waals surface area contributed by atoms with Gasteiger partial charge in [-0.25, -0.2) is 4.98 Å². The maximum Gasteiger partial charge on any atom is 0.208 e. The zero-order valence-corrected chi connectivity index (χ0v) is 7.99. The Morgan fingerprint density at radius 2 is 2.36 bits per heavy atom. The fourth-order valence-corrected chi connectivity index (χ4v) is 1.72. The second-order valence-corrected chi connectivity index (χ2v) is 3.49. The molecule has 0 radical (unpaired) electrons. The van der Waals surface area contributed by atoms with Gasteiger partial charge in [-0.05, 0) is 12.1 Å². The Balaban J connectivity index is 2.39. The van der Waals surface area contributed by atoms with Crippen molar-refractivity contribution in [2.75, 3.05) is 5.73 Å². The lowest BCUT2D eigenvalue weighted by Gasteiger charge is -1.96. The Labute approximate surface area is 84.4 Å². The van der Waals surface area contributed by atoms with E-state index in [0.717, 1.165) is 0 Å². The van der Waals surface area contributed by atoms with E-state index >= 15 is 0 Å². The molecule has 0 aromatic carbocycles. The first-order valence-corrected chi connectivity index (χ1v) is 4.80. The van der Waals surface area contributed by atoms with Gasteiger partial charge in [-0.15, -0.1) is 11.3 Å². The summed E-state index contributed by atoms with van der Waals surface area (Å²) >= 11 is 1.24. The molecule has 2 aromatic heterocycles. The minimum Gasteiger partial charge on any atom is -0.382 e. The van der Waals surface area contributed by atoms with Crippen molar-refractivity contribution >= 4 is 22.9 Å². The van der Waals surface area contributed by atoms with Gasteiger partial charge in [0.15, 0.2) is 0 Å². The van der Waals surface area contributed by atoms with E-state index in [9.17, 15) is 4.79 Å². The molecule has 0 saturated heterocycles. The molecule has 0 spiro atoms. The van der Waals surface area contributed by atoms with Crippen LogP contribution in [0.25, 0.3) is 0 Å². The fraction of sp³-hybridized carbons (Fsp3) is 0. The first-order valence-electron chi connectivity index (χ1n) is 3.92. The number of nitrogens with two attached hydrogens (primary N) is 1. The van der Waals surface area contributed by atoms with Crippen molar-refractivity contribution in [3.05, 3.63) is 40.5 Å². The zero-order chi connectivity index (χ0) is 9.97. The number of hydrogen-bond acceptors (Lipinski definition) is 5. The quantitative estimate of drug-likeness (QED) is 0.751. The van der Waals surface area contributed by atoms with Crippen molar-refractivity contribution in [2.24, 2.45) is 0 Å². The summed E-state index contributed by atoms with van der Waals surface area (Å²) in [6, 6.07) is 3.42. The minimum atomic E-state index is -0.127. The summed E-state index contributed by atoms with van der Waals surface area (Å²) in [6.07, 6.45) is 3.13. The van der Waals surface area contributed by atoms with Crippen LogP contribution in [0.5, 0.6) is 0 Å². The van der Waals surface area contributed by atoms with Gasteiger partial charge in [0.05, 0.1) is 5.51 Å². The molecular weight excluding hydrogens is 198 g/mol. The number of aromatic nitrogens is 2. The number of hydrogen-bond donors (Lipinski definition) is 1. The van der Waals surface area contributed by atoms with Gasteiger partial charge in [-0.1, -0.05) is 0 Å². The van der Waals surface area contributed by atoms with Gasteiger partial charge in [-0.3, -0.25) is 9.78 Å². The van der Waals surface area contributed by atoms with Gasteiger partial charge in [0.2, 0.25) is 5.78 Å². The second-order valence-electron chi connectivity index (χ2n) is 2.64. The molecule has 0 aliphatic carbocycles. The maximum absolute atomic E-state index is 11.8. The lowest BCUT2D eigenvalue weighted by atomic mass is 10.2. The fourth-order valence-electron chi connectivity index (χ4n) is 1.05. The van der Waals surface area contributed by atoms with Crippen LogP contribution in [0.3, 0.4) is 0 Å². The van der Waals surface area contributed by atoms with Crippen molar-refractivity contribution < 1.29 is 4.79 Å². The van der Waals surface area contributed by atoms with Crippen molar-refractivity contribution in [1.29, 1.82) is 0 Å². The van der Waals surface area contributed by atoms with Crippen molar-refractivity contribution in [3.8, 4) is 0 Å². The van der Waals surface area contributed by atoms with Crippen LogP contribution in [0.4, 0.5) is 5.82 Å². The van der Waals surface area contributed by atoms with E-state index in [1.165, 1.54) is 17.5 Å². The molecule has 0 bridgehead atoms. The molecular formula is C9H7N3OS. The largest absolute Gasteiger partial charge is 0.382 e. The third-order valence-corrected chi connectivity index (χ3v) is 2.57. The number of carbonyl (C=O) groups excluding carboxylic acids is 1. The topological polar surface area (TPSA) is 68.9 Å². The van der Waals surface area contributed by atoms with Gasteiger partial charge in [-0.2, -0.15) is 0 Å². The van der Waals surface area contributed by atoms with Crippen LogP contribution in [0.2, 0.25) is 0 Å². The molecule has 0 aliphatic heterocycles. The molecule has 0 aliphatic rings. The molecule has 0 atom stereocenters. The first-order chi connectivity index (χ1) is 6.79. The number of ketones is 1. The molecule has 0 saturated carbocycles. The summed E-state index contributed by atoms with van der Waals surface area (Å²) in [7, 11) is 0. The van der Waals surface area contributed by atoms with Crippen LogP contribution >= 0.6 is 11.3 Å². The summed E-state index contributed by atoms with van der Waals surface area (Å²) < 4.78 is 0. The van der Waals surface area contributed by atoms with Crippen LogP contribution in [-0.4, -0.2) is 15.8 Å². The predicted octanol–water partition coefficient (Wildman–Crippen LogP) is 1.35. The molecule has 14 heavy (non-hydrogen) atoms. The third kappa shape index (κ3) is 1.49. The smallest absolute Gasteiger partial charge is 0.208 e. The SMILES string of the molecule is Nc1ncsc1C(=O)c1cccnc1. The summed E-state index contributed by atoms with van der Waals surface area (Å²) in [5.74, 6) is 0.155. The van der Waals surface area contributed by atoms with Gasteiger partial charge < -0.3 is 5.73 Å². The number of pyridine rings is 1. The molecule has 4 nitrogen and oxygen atoms in total. The summed E-state index contributed by atoms with van der Waals surface area (Å²) in [5.41, 5.74) is 7.62. The number of rotatable bonds is 2.